The lowest BCUT2D eigenvalue weighted by molar-refractivity contribution is -0.139. The number of amides is 2. The molecule has 1 saturated heterocycles. The molecule has 0 aliphatic carbocycles. The van der Waals surface area contributed by atoms with Crippen molar-refractivity contribution in [3.63, 3.8) is 0 Å². The summed E-state index contributed by atoms with van der Waals surface area (Å²) in [6.45, 7) is 5.09. The minimum absolute atomic E-state index is 0.224. The van der Waals surface area contributed by atoms with Gasteiger partial charge in [0, 0.05) is 50.5 Å². The summed E-state index contributed by atoms with van der Waals surface area (Å²) in [6.07, 6.45) is 0.766. The lowest BCUT2D eigenvalue weighted by Crippen LogP contribution is -2.47. The maximum atomic E-state index is 13.1. The Kier molecular flexibility index (Phi) is 8.23. The van der Waals surface area contributed by atoms with Crippen LogP contribution in [-0.2, 0) is 16.1 Å². The SMILES string of the molecule is COc1ccccc1CNC(=O)C(=O)NCCCN1CCN(c2ccc(F)cc2)CC1. The zero-order valence-electron chi connectivity index (χ0n) is 17.8. The number of piperazine rings is 1. The van der Waals surface area contributed by atoms with E-state index in [0.29, 0.717) is 12.3 Å². The van der Waals surface area contributed by atoms with Gasteiger partial charge >= 0.3 is 11.8 Å². The van der Waals surface area contributed by atoms with Gasteiger partial charge in [0.1, 0.15) is 11.6 Å². The Labute approximate surface area is 182 Å². The Morgan fingerprint density at radius 3 is 2.35 bits per heavy atom. The molecule has 3 rings (SSSR count). The largest absolute Gasteiger partial charge is 0.496 e. The summed E-state index contributed by atoms with van der Waals surface area (Å²) < 4.78 is 18.3. The molecule has 2 amide bonds. The van der Waals surface area contributed by atoms with Crippen LogP contribution in [0.5, 0.6) is 5.75 Å². The summed E-state index contributed by atoms with van der Waals surface area (Å²) in [5, 5.41) is 5.29. The molecule has 1 aliphatic heterocycles. The second-order valence-corrected chi connectivity index (χ2v) is 7.41. The first-order chi connectivity index (χ1) is 15.1. The lowest BCUT2D eigenvalue weighted by Gasteiger charge is -2.36. The van der Waals surface area contributed by atoms with Gasteiger partial charge in [-0.2, -0.15) is 0 Å². The van der Waals surface area contributed by atoms with Gasteiger partial charge in [-0.25, -0.2) is 4.39 Å². The van der Waals surface area contributed by atoms with E-state index >= 15 is 0 Å². The number of nitrogens with one attached hydrogen (secondary N) is 2. The summed E-state index contributed by atoms with van der Waals surface area (Å²) in [6, 6.07) is 13.9. The standard InChI is InChI=1S/C23H29FN4O3/c1-31-21-6-3-2-5-18(21)17-26-23(30)22(29)25-11-4-12-27-13-15-28(16-14-27)20-9-7-19(24)8-10-20/h2-3,5-10H,4,11-17H2,1H3,(H,25,29)(H,26,30). The Morgan fingerprint density at radius 1 is 0.968 bits per heavy atom. The van der Waals surface area contributed by atoms with E-state index in [1.54, 1.807) is 25.3 Å². The maximum Gasteiger partial charge on any atom is 0.309 e. The van der Waals surface area contributed by atoms with E-state index in [4.69, 9.17) is 4.74 Å². The molecule has 7 nitrogen and oxygen atoms in total. The Bertz CT molecular complexity index is 867. The van der Waals surface area contributed by atoms with E-state index < -0.39 is 11.8 Å². The van der Waals surface area contributed by atoms with Gasteiger partial charge in [-0.1, -0.05) is 18.2 Å². The second-order valence-electron chi connectivity index (χ2n) is 7.41. The number of benzene rings is 2. The van der Waals surface area contributed by atoms with Crippen LogP contribution in [0, 0.1) is 5.82 Å². The van der Waals surface area contributed by atoms with Crippen molar-refractivity contribution in [1.29, 1.82) is 0 Å². The van der Waals surface area contributed by atoms with Gasteiger partial charge in [0.05, 0.1) is 7.11 Å². The van der Waals surface area contributed by atoms with Crippen LogP contribution in [0.25, 0.3) is 0 Å². The molecule has 0 unspecified atom stereocenters. The number of halogens is 1. The van der Waals surface area contributed by atoms with Crippen molar-refractivity contribution in [1.82, 2.24) is 15.5 Å². The van der Waals surface area contributed by atoms with Crippen molar-refractivity contribution in [2.24, 2.45) is 0 Å². The van der Waals surface area contributed by atoms with Crippen LogP contribution >= 0.6 is 0 Å². The summed E-state index contributed by atoms with van der Waals surface area (Å²) in [5.74, 6) is -0.838. The summed E-state index contributed by atoms with van der Waals surface area (Å²) >= 11 is 0. The molecule has 0 atom stereocenters. The molecule has 2 aromatic carbocycles. The molecule has 0 aromatic heterocycles. The molecule has 8 heteroatoms. The fourth-order valence-corrected chi connectivity index (χ4v) is 3.57. The topological polar surface area (TPSA) is 73.9 Å². The quantitative estimate of drug-likeness (QED) is 0.495. The number of rotatable bonds is 8. The molecule has 0 bridgehead atoms. The predicted octanol–water partition coefficient (Wildman–Crippen LogP) is 1.78. The smallest absolute Gasteiger partial charge is 0.309 e. The molecule has 1 heterocycles. The minimum atomic E-state index is -0.654. The van der Waals surface area contributed by atoms with E-state index in [1.807, 2.05) is 18.2 Å². The molecular weight excluding hydrogens is 399 g/mol. The molecular formula is C23H29FN4O3. The second kappa shape index (κ2) is 11.3. The Hall–Kier alpha value is -3.13. The molecule has 0 spiro atoms. The highest BCUT2D eigenvalue weighted by Gasteiger charge is 2.17. The van der Waals surface area contributed by atoms with Crippen LogP contribution in [-0.4, -0.2) is 63.1 Å². The molecule has 0 saturated carbocycles. The van der Waals surface area contributed by atoms with Gasteiger partial charge in [0.25, 0.3) is 0 Å². The minimum Gasteiger partial charge on any atom is -0.496 e. The van der Waals surface area contributed by atoms with Crippen molar-refractivity contribution >= 4 is 17.5 Å². The Balaban J connectivity index is 1.30. The highest BCUT2D eigenvalue weighted by atomic mass is 19.1. The molecule has 166 valence electrons. The number of hydrogen-bond acceptors (Lipinski definition) is 5. The number of carbonyl (C=O) groups is 2. The van der Waals surface area contributed by atoms with Crippen LogP contribution in [0.4, 0.5) is 10.1 Å². The fraction of sp³-hybridized carbons (Fsp3) is 0.391. The first-order valence-electron chi connectivity index (χ1n) is 10.5. The predicted molar refractivity (Wildman–Crippen MR) is 118 cm³/mol. The molecule has 2 aromatic rings. The number of ether oxygens (including phenoxy) is 1. The number of methoxy groups -OCH3 is 1. The number of carbonyl (C=O) groups excluding carboxylic acids is 2. The highest BCUT2D eigenvalue weighted by molar-refractivity contribution is 6.35. The van der Waals surface area contributed by atoms with Gasteiger partial charge in [-0.05, 0) is 43.3 Å². The van der Waals surface area contributed by atoms with Gasteiger partial charge in [-0.3, -0.25) is 14.5 Å². The van der Waals surface area contributed by atoms with Crippen LogP contribution in [0.15, 0.2) is 48.5 Å². The third-order valence-corrected chi connectivity index (χ3v) is 5.34. The van der Waals surface area contributed by atoms with Gasteiger partial charge in [0.15, 0.2) is 0 Å². The monoisotopic (exact) mass is 428 g/mol. The summed E-state index contributed by atoms with van der Waals surface area (Å²) in [4.78, 5) is 28.6. The third-order valence-electron chi connectivity index (χ3n) is 5.34. The molecule has 0 radical (unpaired) electrons. The van der Waals surface area contributed by atoms with Crippen molar-refractivity contribution in [2.75, 3.05) is 51.3 Å². The van der Waals surface area contributed by atoms with Gasteiger partial charge in [0.2, 0.25) is 0 Å². The molecule has 2 N–H and O–H groups in total. The van der Waals surface area contributed by atoms with Crippen molar-refractivity contribution < 1.29 is 18.7 Å². The first-order valence-corrected chi connectivity index (χ1v) is 10.5. The van der Waals surface area contributed by atoms with Gasteiger partial charge < -0.3 is 20.3 Å². The number of nitrogens with zero attached hydrogens (tertiary/aromatic N) is 2. The van der Waals surface area contributed by atoms with Crippen LogP contribution < -0.4 is 20.3 Å². The van der Waals surface area contributed by atoms with Crippen LogP contribution in [0.3, 0.4) is 0 Å². The fourth-order valence-electron chi connectivity index (χ4n) is 3.57. The lowest BCUT2D eigenvalue weighted by atomic mass is 10.2. The summed E-state index contributed by atoms with van der Waals surface area (Å²) in [5.41, 5.74) is 1.85. The summed E-state index contributed by atoms with van der Waals surface area (Å²) in [7, 11) is 1.57. The van der Waals surface area contributed by atoms with E-state index in [-0.39, 0.29) is 12.4 Å². The average molecular weight is 429 g/mol. The zero-order chi connectivity index (χ0) is 22.1. The van der Waals surface area contributed by atoms with E-state index in [1.165, 1.54) is 12.1 Å². The maximum absolute atomic E-state index is 13.1. The van der Waals surface area contributed by atoms with Crippen molar-refractivity contribution in [3.05, 3.63) is 59.9 Å². The van der Waals surface area contributed by atoms with E-state index in [0.717, 1.165) is 50.4 Å². The Morgan fingerprint density at radius 2 is 1.65 bits per heavy atom. The van der Waals surface area contributed by atoms with Crippen LogP contribution in [0.1, 0.15) is 12.0 Å². The van der Waals surface area contributed by atoms with Crippen molar-refractivity contribution in [3.8, 4) is 5.75 Å². The molecule has 31 heavy (non-hydrogen) atoms. The normalized spacial score (nSPS) is 14.2. The average Bonchev–Trinajstić information content (AvgIpc) is 2.81. The number of hydrogen-bond donors (Lipinski definition) is 2. The third kappa shape index (κ3) is 6.68. The van der Waals surface area contributed by atoms with E-state index in [9.17, 15) is 14.0 Å². The van der Waals surface area contributed by atoms with Crippen molar-refractivity contribution in [2.45, 2.75) is 13.0 Å². The zero-order valence-corrected chi connectivity index (χ0v) is 17.8. The van der Waals surface area contributed by atoms with Gasteiger partial charge in [-0.15, -0.1) is 0 Å². The first kappa shape index (κ1) is 22.6. The highest BCUT2D eigenvalue weighted by Crippen LogP contribution is 2.17. The van der Waals surface area contributed by atoms with Crippen LogP contribution in [0.2, 0.25) is 0 Å². The molecule has 1 aliphatic rings. The molecule has 1 fully saturated rings. The van der Waals surface area contributed by atoms with E-state index in [2.05, 4.69) is 20.4 Å². The number of para-hydroxylation sites is 1. The number of anilines is 1.